The largest absolute Gasteiger partial charge is 0.419 e. The first-order chi connectivity index (χ1) is 12.6. The van der Waals surface area contributed by atoms with Gasteiger partial charge in [-0.15, -0.1) is 0 Å². The number of aromatic nitrogens is 2. The third kappa shape index (κ3) is 3.87. The molecule has 0 saturated carbocycles. The van der Waals surface area contributed by atoms with Gasteiger partial charge in [-0.2, -0.15) is 13.2 Å². The van der Waals surface area contributed by atoms with Crippen molar-refractivity contribution in [2.75, 3.05) is 5.32 Å². The Labute approximate surface area is 159 Å². The van der Waals surface area contributed by atoms with E-state index in [1.54, 1.807) is 6.92 Å². The average Bonchev–Trinajstić information content (AvgIpc) is 2.55. The topological polar surface area (TPSA) is 37.8 Å². The van der Waals surface area contributed by atoms with Gasteiger partial charge in [0.05, 0.1) is 21.6 Å². The monoisotopic (exact) mass is 445 g/mol. The molecule has 0 spiro atoms. The van der Waals surface area contributed by atoms with E-state index in [0.717, 1.165) is 6.07 Å². The van der Waals surface area contributed by atoms with Crippen LogP contribution in [0.15, 0.2) is 34.8 Å². The van der Waals surface area contributed by atoms with Crippen molar-refractivity contribution in [1.29, 1.82) is 0 Å². The number of rotatable bonds is 3. The lowest BCUT2D eigenvalue weighted by molar-refractivity contribution is -0.140. The van der Waals surface area contributed by atoms with Crippen LogP contribution < -0.4 is 5.32 Å². The molecule has 142 valence electrons. The van der Waals surface area contributed by atoms with E-state index in [1.807, 2.05) is 0 Å². The summed E-state index contributed by atoms with van der Waals surface area (Å²) in [7, 11) is 0. The van der Waals surface area contributed by atoms with E-state index in [-0.39, 0.29) is 15.9 Å². The first-order valence-corrected chi connectivity index (χ1v) is 8.62. The normalized spacial score (nSPS) is 13.0. The van der Waals surface area contributed by atoms with Crippen molar-refractivity contribution in [3.05, 3.63) is 63.4 Å². The Hall–Kier alpha value is -2.29. The van der Waals surface area contributed by atoms with E-state index in [1.165, 1.54) is 25.1 Å². The van der Waals surface area contributed by atoms with E-state index in [4.69, 9.17) is 0 Å². The molecule has 2 aromatic carbocycles. The molecular formula is C18H13BrF5N3. The van der Waals surface area contributed by atoms with Gasteiger partial charge >= 0.3 is 6.18 Å². The molecule has 1 heterocycles. The highest BCUT2D eigenvalue weighted by atomic mass is 79.9. The molecule has 0 amide bonds. The molecule has 1 atom stereocenters. The van der Waals surface area contributed by atoms with Crippen LogP contribution in [0, 0.1) is 18.6 Å². The minimum Gasteiger partial charge on any atom is -0.363 e. The van der Waals surface area contributed by atoms with Gasteiger partial charge in [0, 0.05) is 17.0 Å². The van der Waals surface area contributed by atoms with Gasteiger partial charge in [-0.1, -0.05) is 12.1 Å². The predicted octanol–water partition coefficient (Wildman–Crippen LogP) is 6.17. The number of nitrogens with one attached hydrogen (secondary N) is 1. The van der Waals surface area contributed by atoms with Crippen molar-refractivity contribution in [3.8, 4) is 0 Å². The van der Waals surface area contributed by atoms with Crippen molar-refractivity contribution in [1.82, 2.24) is 9.97 Å². The minimum atomic E-state index is -4.79. The van der Waals surface area contributed by atoms with Crippen LogP contribution in [-0.4, -0.2) is 9.97 Å². The number of anilines is 1. The summed E-state index contributed by atoms with van der Waals surface area (Å²) in [6.45, 7) is 3.11. The van der Waals surface area contributed by atoms with Gasteiger partial charge < -0.3 is 5.32 Å². The zero-order valence-corrected chi connectivity index (χ0v) is 15.7. The second-order valence-electron chi connectivity index (χ2n) is 5.98. The summed E-state index contributed by atoms with van der Waals surface area (Å²) in [5, 5.41) is 3.36. The van der Waals surface area contributed by atoms with Crippen molar-refractivity contribution >= 4 is 32.7 Å². The Bertz CT molecular complexity index is 1020. The Balaban J connectivity index is 2.05. The molecule has 27 heavy (non-hydrogen) atoms. The van der Waals surface area contributed by atoms with Crippen LogP contribution in [0.4, 0.5) is 27.8 Å². The van der Waals surface area contributed by atoms with E-state index in [9.17, 15) is 22.0 Å². The SMILES string of the molecule is Cc1nc(N[C@H](C)c2cccc(C(F)(F)F)c2F)c2cc(Br)c(F)cc2n1. The number of halogens is 6. The number of hydrogen-bond acceptors (Lipinski definition) is 3. The zero-order valence-electron chi connectivity index (χ0n) is 14.1. The van der Waals surface area contributed by atoms with Gasteiger partial charge in [0.1, 0.15) is 23.3 Å². The van der Waals surface area contributed by atoms with Crippen molar-refractivity contribution < 1.29 is 22.0 Å². The molecule has 0 aliphatic rings. The number of nitrogens with zero attached hydrogens (tertiary/aromatic N) is 2. The van der Waals surface area contributed by atoms with Crippen LogP contribution in [0.2, 0.25) is 0 Å². The molecule has 0 fully saturated rings. The minimum absolute atomic E-state index is 0.157. The first-order valence-electron chi connectivity index (χ1n) is 7.83. The van der Waals surface area contributed by atoms with E-state index in [2.05, 4.69) is 31.2 Å². The molecule has 0 unspecified atom stereocenters. The lowest BCUT2D eigenvalue weighted by atomic mass is 10.0. The molecule has 0 radical (unpaired) electrons. The highest BCUT2D eigenvalue weighted by Gasteiger charge is 2.35. The van der Waals surface area contributed by atoms with E-state index < -0.39 is 29.4 Å². The van der Waals surface area contributed by atoms with Crippen molar-refractivity contribution in [2.24, 2.45) is 0 Å². The Morgan fingerprint density at radius 2 is 1.81 bits per heavy atom. The quantitative estimate of drug-likeness (QED) is 0.489. The number of fused-ring (bicyclic) bond motifs is 1. The Kier molecular flexibility index (Phi) is 5.07. The molecule has 9 heteroatoms. The summed E-state index contributed by atoms with van der Waals surface area (Å²) in [5.41, 5.74) is -1.17. The van der Waals surface area contributed by atoms with Gasteiger partial charge in [-0.05, 0) is 41.9 Å². The summed E-state index contributed by atoms with van der Waals surface area (Å²) in [6, 6.07) is 4.96. The fourth-order valence-corrected chi connectivity index (χ4v) is 3.08. The molecule has 1 aromatic heterocycles. The van der Waals surface area contributed by atoms with E-state index in [0.29, 0.717) is 22.8 Å². The van der Waals surface area contributed by atoms with Crippen LogP contribution in [0.1, 0.15) is 29.9 Å². The lowest BCUT2D eigenvalue weighted by Crippen LogP contribution is -2.15. The molecule has 3 nitrogen and oxygen atoms in total. The molecular weight excluding hydrogens is 433 g/mol. The summed E-state index contributed by atoms with van der Waals surface area (Å²) >= 11 is 3.08. The Morgan fingerprint density at radius 3 is 2.48 bits per heavy atom. The second-order valence-corrected chi connectivity index (χ2v) is 6.83. The fourth-order valence-electron chi connectivity index (χ4n) is 2.74. The molecule has 0 bridgehead atoms. The first kappa shape index (κ1) is 19.5. The predicted molar refractivity (Wildman–Crippen MR) is 95.4 cm³/mol. The highest BCUT2D eigenvalue weighted by molar-refractivity contribution is 9.10. The third-order valence-electron chi connectivity index (χ3n) is 4.00. The fraction of sp³-hybridized carbons (Fsp3) is 0.222. The lowest BCUT2D eigenvalue weighted by Gasteiger charge is -2.19. The van der Waals surface area contributed by atoms with Gasteiger partial charge in [0.25, 0.3) is 0 Å². The van der Waals surface area contributed by atoms with Crippen molar-refractivity contribution in [3.63, 3.8) is 0 Å². The Morgan fingerprint density at radius 1 is 1.11 bits per heavy atom. The number of alkyl halides is 3. The summed E-state index contributed by atoms with van der Waals surface area (Å²) in [4.78, 5) is 8.38. The van der Waals surface area contributed by atoms with Crippen LogP contribution in [0.5, 0.6) is 0 Å². The van der Waals surface area contributed by atoms with Gasteiger partial charge in [0.2, 0.25) is 0 Å². The van der Waals surface area contributed by atoms with E-state index >= 15 is 0 Å². The van der Waals surface area contributed by atoms with Crippen LogP contribution in [-0.2, 0) is 6.18 Å². The maximum Gasteiger partial charge on any atom is 0.419 e. The zero-order chi connectivity index (χ0) is 19.9. The molecule has 3 rings (SSSR count). The third-order valence-corrected chi connectivity index (χ3v) is 4.61. The highest BCUT2D eigenvalue weighted by Crippen LogP contribution is 2.35. The summed E-state index contributed by atoms with van der Waals surface area (Å²) in [6.07, 6.45) is -4.79. The smallest absolute Gasteiger partial charge is 0.363 e. The van der Waals surface area contributed by atoms with Crippen LogP contribution in [0.25, 0.3) is 10.9 Å². The molecule has 3 aromatic rings. The van der Waals surface area contributed by atoms with Gasteiger partial charge in [0.15, 0.2) is 0 Å². The number of hydrogen-bond donors (Lipinski definition) is 1. The van der Waals surface area contributed by atoms with Gasteiger partial charge in [-0.25, -0.2) is 18.7 Å². The molecule has 0 aliphatic carbocycles. The van der Waals surface area contributed by atoms with Crippen molar-refractivity contribution in [2.45, 2.75) is 26.1 Å². The number of aryl methyl sites for hydroxylation is 1. The molecule has 0 saturated heterocycles. The average molecular weight is 446 g/mol. The van der Waals surface area contributed by atoms with Gasteiger partial charge in [-0.3, -0.25) is 0 Å². The summed E-state index contributed by atoms with van der Waals surface area (Å²) in [5.74, 6) is -1.25. The number of benzene rings is 2. The standard InChI is InChI=1S/C18H13BrF5N3/c1-8(10-4-3-5-12(16(10)21)18(22,23)24)25-17-11-6-13(19)14(20)7-15(11)26-9(2)27-17/h3-8H,1-2H3,(H,25,26,27)/t8-/m1/s1. The summed E-state index contributed by atoms with van der Waals surface area (Å²) < 4.78 is 67.2. The maximum absolute atomic E-state index is 14.4. The van der Waals surface area contributed by atoms with Crippen LogP contribution in [0.3, 0.4) is 0 Å². The second kappa shape index (κ2) is 7.03. The van der Waals surface area contributed by atoms with Crippen LogP contribution >= 0.6 is 15.9 Å². The molecule has 1 N–H and O–H groups in total. The maximum atomic E-state index is 14.4. The molecule has 0 aliphatic heterocycles.